The van der Waals surface area contributed by atoms with Crippen LogP contribution in [0, 0.1) is 0 Å². The standard InChI is InChI=1S/C13H25NO3/c1-12(9-15,10-16)14-8-11-4-7-13(17-11)5-2-3-6-13/h11,14-16H,2-10H2,1H3. The predicted molar refractivity (Wildman–Crippen MR) is 65.9 cm³/mol. The first-order valence-electron chi connectivity index (χ1n) is 6.76. The van der Waals surface area contributed by atoms with Crippen LogP contribution in [0.3, 0.4) is 0 Å². The smallest absolute Gasteiger partial charge is 0.0708 e. The summed E-state index contributed by atoms with van der Waals surface area (Å²) in [5.41, 5.74) is -0.421. The SMILES string of the molecule is CC(CO)(CO)NCC1CCC2(CCCC2)O1. The summed E-state index contributed by atoms with van der Waals surface area (Å²) in [5, 5.41) is 21.6. The molecule has 0 aromatic carbocycles. The molecule has 2 aliphatic rings. The first-order chi connectivity index (χ1) is 8.11. The van der Waals surface area contributed by atoms with E-state index in [0.717, 1.165) is 13.0 Å². The van der Waals surface area contributed by atoms with Gasteiger partial charge in [-0.2, -0.15) is 0 Å². The fourth-order valence-electron chi connectivity index (χ4n) is 2.95. The summed E-state index contributed by atoms with van der Waals surface area (Å²) in [6, 6.07) is 0. The van der Waals surface area contributed by atoms with Crippen LogP contribution in [0.25, 0.3) is 0 Å². The Morgan fingerprint density at radius 3 is 2.47 bits per heavy atom. The molecule has 1 aliphatic heterocycles. The van der Waals surface area contributed by atoms with Crippen molar-refractivity contribution in [2.24, 2.45) is 0 Å². The van der Waals surface area contributed by atoms with E-state index in [4.69, 9.17) is 4.74 Å². The second-order valence-electron chi connectivity index (χ2n) is 5.93. The Morgan fingerprint density at radius 1 is 1.24 bits per heavy atom. The Hall–Kier alpha value is -0.160. The van der Waals surface area contributed by atoms with Gasteiger partial charge in [-0.05, 0) is 32.6 Å². The zero-order chi connectivity index (χ0) is 12.4. The lowest BCUT2D eigenvalue weighted by Crippen LogP contribution is -2.51. The molecule has 3 N–H and O–H groups in total. The third kappa shape index (κ3) is 2.99. The summed E-state index contributed by atoms with van der Waals surface area (Å²) in [6.07, 6.45) is 7.53. The highest BCUT2D eigenvalue weighted by atomic mass is 16.5. The van der Waals surface area contributed by atoms with Crippen molar-refractivity contribution in [3.8, 4) is 0 Å². The highest BCUT2D eigenvalue weighted by Gasteiger charge is 2.42. The Balaban J connectivity index is 1.78. The van der Waals surface area contributed by atoms with Gasteiger partial charge in [0.2, 0.25) is 0 Å². The summed E-state index contributed by atoms with van der Waals surface area (Å²) in [7, 11) is 0. The van der Waals surface area contributed by atoms with Crippen LogP contribution < -0.4 is 5.32 Å². The molecule has 0 bridgehead atoms. The molecule has 0 aromatic heterocycles. The van der Waals surface area contributed by atoms with Crippen LogP contribution >= 0.6 is 0 Å². The molecule has 1 saturated carbocycles. The molecule has 1 aliphatic carbocycles. The van der Waals surface area contributed by atoms with Crippen LogP contribution in [0.5, 0.6) is 0 Å². The lowest BCUT2D eigenvalue weighted by molar-refractivity contribution is -0.0396. The molecule has 0 radical (unpaired) electrons. The number of aliphatic hydroxyl groups excluding tert-OH is 2. The van der Waals surface area contributed by atoms with Gasteiger partial charge in [0.05, 0.1) is 30.5 Å². The van der Waals surface area contributed by atoms with Crippen LogP contribution in [0.2, 0.25) is 0 Å². The summed E-state index contributed by atoms with van der Waals surface area (Å²) >= 11 is 0. The van der Waals surface area contributed by atoms with Gasteiger partial charge in [-0.1, -0.05) is 12.8 Å². The monoisotopic (exact) mass is 243 g/mol. The Kier molecular flexibility index (Phi) is 4.08. The Morgan fingerprint density at radius 2 is 1.88 bits per heavy atom. The van der Waals surface area contributed by atoms with Crippen LogP contribution in [-0.2, 0) is 4.74 Å². The molecular formula is C13H25NO3. The maximum Gasteiger partial charge on any atom is 0.0708 e. The highest BCUT2D eigenvalue weighted by molar-refractivity contribution is 4.94. The predicted octanol–water partition coefficient (Wildman–Crippen LogP) is 0.811. The van der Waals surface area contributed by atoms with Gasteiger partial charge in [0, 0.05) is 6.54 Å². The van der Waals surface area contributed by atoms with Gasteiger partial charge in [-0.15, -0.1) is 0 Å². The molecule has 4 nitrogen and oxygen atoms in total. The molecule has 2 fully saturated rings. The fourth-order valence-corrected chi connectivity index (χ4v) is 2.95. The minimum atomic E-state index is -0.589. The molecule has 1 saturated heterocycles. The summed E-state index contributed by atoms with van der Waals surface area (Å²) < 4.78 is 6.17. The minimum absolute atomic E-state index is 0.0542. The van der Waals surface area contributed by atoms with Gasteiger partial charge >= 0.3 is 0 Å². The molecule has 4 heteroatoms. The molecule has 1 atom stereocenters. The third-order valence-electron chi connectivity index (χ3n) is 4.31. The molecule has 0 amide bonds. The van der Waals surface area contributed by atoms with E-state index >= 15 is 0 Å². The van der Waals surface area contributed by atoms with E-state index in [9.17, 15) is 10.2 Å². The minimum Gasteiger partial charge on any atom is -0.394 e. The molecule has 1 spiro atoms. The fraction of sp³-hybridized carbons (Fsp3) is 1.00. The maximum atomic E-state index is 9.20. The zero-order valence-corrected chi connectivity index (χ0v) is 10.7. The Bertz CT molecular complexity index is 247. The van der Waals surface area contributed by atoms with E-state index in [0.29, 0.717) is 0 Å². The lowest BCUT2D eigenvalue weighted by atomic mass is 9.98. The van der Waals surface area contributed by atoms with Gasteiger partial charge in [-0.3, -0.25) is 0 Å². The van der Waals surface area contributed by atoms with E-state index in [2.05, 4.69) is 5.32 Å². The van der Waals surface area contributed by atoms with E-state index in [1.807, 2.05) is 6.92 Å². The molecule has 1 unspecified atom stereocenters. The van der Waals surface area contributed by atoms with Crippen molar-refractivity contribution >= 4 is 0 Å². The number of hydrogen-bond acceptors (Lipinski definition) is 4. The van der Waals surface area contributed by atoms with E-state index < -0.39 is 5.54 Å². The van der Waals surface area contributed by atoms with Crippen molar-refractivity contribution in [2.75, 3.05) is 19.8 Å². The van der Waals surface area contributed by atoms with Crippen molar-refractivity contribution in [1.82, 2.24) is 5.32 Å². The number of hydrogen-bond donors (Lipinski definition) is 3. The van der Waals surface area contributed by atoms with Gasteiger partial charge in [0.15, 0.2) is 0 Å². The second kappa shape index (κ2) is 5.22. The number of aliphatic hydroxyl groups is 2. The quantitative estimate of drug-likeness (QED) is 0.669. The zero-order valence-electron chi connectivity index (χ0n) is 10.7. The van der Waals surface area contributed by atoms with Crippen LogP contribution in [0.1, 0.15) is 45.4 Å². The number of nitrogens with one attached hydrogen (secondary N) is 1. The molecule has 17 heavy (non-hydrogen) atoms. The highest BCUT2D eigenvalue weighted by Crippen LogP contribution is 2.43. The van der Waals surface area contributed by atoms with Crippen molar-refractivity contribution in [2.45, 2.75) is 62.7 Å². The summed E-state index contributed by atoms with van der Waals surface area (Å²) in [4.78, 5) is 0. The first kappa shape index (κ1) is 13.3. The number of rotatable bonds is 5. The van der Waals surface area contributed by atoms with Crippen molar-refractivity contribution in [3.05, 3.63) is 0 Å². The average Bonchev–Trinajstić information content (AvgIpc) is 2.97. The topological polar surface area (TPSA) is 61.7 Å². The first-order valence-corrected chi connectivity index (χ1v) is 6.76. The maximum absolute atomic E-state index is 9.20. The van der Waals surface area contributed by atoms with Gasteiger partial charge in [0.1, 0.15) is 0 Å². The lowest BCUT2D eigenvalue weighted by Gasteiger charge is -2.29. The molecular weight excluding hydrogens is 218 g/mol. The van der Waals surface area contributed by atoms with Crippen LogP contribution in [0.4, 0.5) is 0 Å². The Labute approximate surface area is 103 Å². The molecule has 100 valence electrons. The summed E-state index contributed by atoms with van der Waals surface area (Å²) in [5.74, 6) is 0. The molecule has 1 heterocycles. The third-order valence-corrected chi connectivity index (χ3v) is 4.31. The normalized spacial score (nSPS) is 28.1. The van der Waals surface area contributed by atoms with Gasteiger partial charge < -0.3 is 20.3 Å². The average molecular weight is 243 g/mol. The van der Waals surface area contributed by atoms with E-state index in [1.165, 1.54) is 32.1 Å². The summed E-state index contributed by atoms with van der Waals surface area (Å²) in [6.45, 7) is 2.44. The van der Waals surface area contributed by atoms with Gasteiger partial charge in [0.25, 0.3) is 0 Å². The van der Waals surface area contributed by atoms with E-state index in [1.54, 1.807) is 0 Å². The second-order valence-corrected chi connectivity index (χ2v) is 5.93. The molecule has 2 rings (SSSR count). The molecule has 0 aromatic rings. The van der Waals surface area contributed by atoms with Crippen molar-refractivity contribution in [3.63, 3.8) is 0 Å². The van der Waals surface area contributed by atoms with E-state index in [-0.39, 0.29) is 24.9 Å². The van der Waals surface area contributed by atoms with Gasteiger partial charge in [-0.25, -0.2) is 0 Å². The van der Waals surface area contributed by atoms with Crippen LogP contribution in [-0.4, -0.2) is 47.2 Å². The van der Waals surface area contributed by atoms with Crippen molar-refractivity contribution in [1.29, 1.82) is 0 Å². The van der Waals surface area contributed by atoms with Crippen molar-refractivity contribution < 1.29 is 14.9 Å². The number of ether oxygens (including phenoxy) is 1. The largest absolute Gasteiger partial charge is 0.394 e. The van der Waals surface area contributed by atoms with Crippen LogP contribution in [0.15, 0.2) is 0 Å².